The Hall–Kier alpha value is -8.20. The number of anilines is 6. The van der Waals surface area contributed by atoms with Gasteiger partial charge in [0, 0.05) is 39.5 Å². The van der Waals surface area contributed by atoms with Crippen molar-refractivity contribution in [1.82, 2.24) is 0 Å². The molecule has 0 N–H and O–H groups in total. The van der Waals surface area contributed by atoms with E-state index in [9.17, 15) is 0 Å². The molecule has 0 aliphatic heterocycles. The summed E-state index contributed by atoms with van der Waals surface area (Å²) in [5, 5.41) is 0. The maximum absolute atomic E-state index is 2.49. The van der Waals surface area contributed by atoms with E-state index in [1.807, 2.05) is 0 Å². The molecule has 0 spiro atoms. The fourth-order valence-electron chi connectivity index (χ4n) is 11.1. The van der Waals surface area contributed by atoms with Crippen molar-refractivity contribution in [2.24, 2.45) is 0 Å². The minimum Gasteiger partial charge on any atom is -0.310 e. The van der Waals surface area contributed by atoms with E-state index in [1.54, 1.807) is 0 Å². The normalized spacial score (nSPS) is 14.8. The molecule has 2 nitrogen and oxygen atoms in total. The second-order valence-electron chi connectivity index (χ2n) is 19.9. The Morgan fingerprint density at radius 2 is 0.629 bits per heavy atom. The molecule has 10 aromatic rings. The van der Waals surface area contributed by atoms with Gasteiger partial charge in [-0.15, -0.1) is 0 Å². The fourth-order valence-corrected chi connectivity index (χ4v) is 11.1. The van der Waals surface area contributed by atoms with Crippen LogP contribution in [0.2, 0.25) is 0 Å². The van der Waals surface area contributed by atoms with Gasteiger partial charge in [-0.25, -0.2) is 0 Å². The molecule has 0 radical (unpaired) electrons. The van der Waals surface area contributed by atoms with Crippen molar-refractivity contribution in [1.29, 1.82) is 0 Å². The van der Waals surface area contributed by atoms with Gasteiger partial charge in [-0.1, -0.05) is 197 Å². The first kappa shape index (κ1) is 44.3. The standard InChI is InChI=1S/C68H58N2/c1-48-26-34-60(44-63(48)54-22-14-8-15-23-54)69(57-36-28-52(29-37-57)50-18-10-6-11-19-50)59-40-32-56(33-41-59)68(5)47-67(3,4)65-43-42-62(46-66(65)68)70(58-38-30-53(31-39-58)51-20-12-7-13-21-51)61-35-27-49(2)64(45-61)55-24-16-9-17-25-55/h6-46H,47H2,1-5H3. The van der Waals surface area contributed by atoms with Gasteiger partial charge in [-0.3, -0.25) is 0 Å². The number of hydrogen-bond acceptors (Lipinski definition) is 2. The highest BCUT2D eigenvalue weighted by molar-refractivity contribution is 5.85. The van der Waals surface area contributed by atoms with E-state index in [0.717, 1.165) is 40.5 Å². The van der Waals surface area contributed by atoms with Gasteiger partial charge in [-0.2, -0.15) is 0 Å². The highest BCUT2D eigenvalue weighted by atomic mass is 15.1. The van der Waals surface area contributed by atoms with Crippen LogP contribution in [0, 0.1) is 13.8 Å². The summed E-state index contributed by atoms with van der Waals surface area (Å²) in [5.41, 5.74) is 22.8. The van der Waals surface area contributed by atoms with Crippen LogP contribution in [0.25, 0.3) is 44.5 Å². The van der Waals surface area contributed by atoms with Gasteiger partial charge in [0.15, 0.2) is 0 Å². The van der Waals surface area contributed by atoms with Crippen molar-refractivity contribution in [3.05, 3.63) is 277 Å². The second-order valence-corrected chi connectivity index (χ2v) is 19.9. The first-order valence-corrected chi connectivity index (χ1v) is 24.6. The van der Waals surface area contributed by atoms with Crippen LogP contribution in [0.5, 0.6) is 0 Å². The summed E-state index contributed by atoms with van der Waals surface area (Å²) >= 11 is 0. The van der Waals surface area contributed by atoms with E-state index < -0.39 is 0 Å². The smallest absolute Gasteiger partial charge is 0.0467 e. The summed E-state index contributed by atoms with van der Waals surface area (Å²) in [6, 6.07) is 91.3. The maximum atomic E-state index is 2.49. The quantitative estimate of drug-likeness (QED) is 0.128. The Kier molecular flexibility index (Phi) is 11.6. The van der Waals surface area contributed by atoms with E-state index in [0.29, 0.717) is 0 Å². The number of aryl methyl sites for hydroxylation is 2. The van der Waals surface area contributed by atoms with E-state index in [2.05, 4.69) is 293 Å². The third kappa shape index (κ3) is 8.41. The van der Waals surface area contributed by atoms with Crippen molar-refractivity contribution in [2.45, 2.75) is 51.9 Å². The average molecular weight is 903 g/mol. The van der Waals surface area contributed by atoms with Crippen LogP contribution in [-0.4, -0.2) is 0 Å². The molecule has 0 amide bonds. The zero-order valence-electron chi connectivity index (χ0n) is 40.8. The van der Waals surface area contributed by atoms with E-state index in [1.165, 1.54) is 72.3 Å². The highest BCUT2D eigenvalue weighted by Gasteiger charge is 2.46. The van der Waals surface area contributed by atoms with E-state index in [-0.39, 0.29) is 10.8 Å². The van der Waals surface area contributed by atoms with Crippen LogP contribution in [-0.2, 0) is 10.8 Å². The molecule has 0 aromatic heterocycles. The van der Waals surface area contributed by atoms with Crippen molar-refractivity contribution < 1.29 is 0 Å². The van der Waals surface area contributed by atoms with Crippen molar-refractivity contribution in [3.63, 3.8) is 0 Å². The first-order valence-electron chi connectivity index (χ1n) is 24.6. The van der Waals surface area contributed by atoms with Crippen molar-refractivity contribution in [3.8, 4) is 44.5 Å². The van der Waals surface area contributed by atoms with Gasteiger partial charge in [0.25, 0.3) is 0 Å². The number of rotatable bonds is 11. The molecule has 70 heavy (non-hydrogen) atoms. The predicted octanol–water partition coefficient (Wildman–Crippen LogP) is 18.9. The molecule has 2 heteroatoms. The molecule has 1 atom stereocenters. The van der Waals surface area contributed by atoms with Gasteiger partial charge < -0.3 is 9.80 Å². The van der Waals surface area contributed by atoms with E-state index >= 15 is 0 Å². The molecule has 0 bridgehead atoms. The SMILES string of the molecule is Cc1ccc(N(c2ccc(-c3ccccc3)cc2)c2ccc(C3(C)CC(C)(C)c4ccc(N(c5ccc(-c6ccccc6)cc5)c5ccc(C)c(-c6ccccc6)c5)cc43)cc2)cc1-c1ccccc1. The summed E-state index contributed by atoms with van der Waals surface area (Å²) in [4.78, 5) is 4.85. The van der Waals surface area contributed by atoms with Gasteiger partial charge >= 0.3 is 0 Å². The van der Waals surface area contributed by atoms with Crippen molar-refractivity contribution >= 4 is 34.1 Å². The lowest BCUT2D eigenvalue weighted by atomic mass is 9.75. The monoisotopic (exact) mass is 902 g/mol. The van der Waals surface area contributed by atoms with Gasteiger partial charge in [0.2, 0.25) is 0 Å². The van der Waals surface area contributed by atoms with Crippen LogP contribution < -0.4 is 9.80 Å². The van der Waals surface area contributed by atoms with Gasteiger partial charge in [-0.05, 0) is 171 Å². The Bertz CT molecular complexity index is 3410. The number of fused-ring (bicyclic) bond motifs is 1. The Morgan fingerprint density at radius 3 is 1.06 bits per heavy atom. The largest absolute Gasteiger partial charge is 0.310 e. The molecule has 1 aliphatic carbocycles. The fraction of sp³-hybridized carbons (Fsp3) is 0.118. The molecule has 11 rings (SSSR count). The number of benzene rings is 10. The van der Waals surface area contributed by atoms with Gasteiger partial charge in [0.1, 0.15) is 0 Å². The molecule has 1 aliphatic rings. The van der Waals surface area contributed by atoms with Gasteiger partial charge in [0.05, 0.1) is 0 Å². The van der Waals surface area contributed by atoms with Crippen LogP contribution in [0.15, 0.2) is 249 Å². The summed E-state index contributed by atoms with van der Waals surface area (Å²) in [7, 11) is 0. The van der Waals surface area contributed by atoms with E-state index in [4.69, 9.17) is 0 Å². The van der Waals surface area contributed by atoms with Crippen molar-refractivity contribution in [2.75, 3.05) is 9.80 Å². The summed E-state index contributed by atoms with van der Waals surface area (Å²) < 4.78 is 0. The Labute approximate surface area is 414 Å². The number of nitrogens with zero attached hydrogens (tertiary/aromatic N) is 2. The zero-order valence-corrected chi connectivity index (χ0v) is 40.8. The molecule has 0 saturated heterocycles. The van der Waals surface area contributed by atoms with Crippen LogP contribution in [0.4, 0.5) is 34.1 Å². The zero-order chi connectivity index (χ0) is 47.8. The van der Waals surface area contributed by atoms with Crippen LogP contribution in [0.3, 0.4) is 0 Å². The lowest BCUT2D eigenvalue weighted by Gasteiger charge is -2.31. The summed E-state index contributed by atoms with van der Waals surface area (Å²) in [6.45, 7) is 11.7. The molecular formula is C68H58N2. The molecule has 340 valence electrons. The topological polar surface area (TPSA) is 6.48 Å². The predicted molar refractivity (Wildman–Crippen MR) is 298 cm³/mol. The molecule has 0 fully saturated rings. The number of hydrogen-bond donors (Lipinski definition) is 0. The third-order valence-corrected chi connectivity index (χ3v) is 14.7. The highest BCUT2D eigenvalue weighted by Crippen LogP contribution is 2.55. The van der Waals surface area contributed by atoms with Crippen LogP contribution >= 0.6 is 0 Å². The lowest BCUT2D eigenvalue weighted by molar-refractivity contribution is 0.425. The molecule has 0 saturated carbocycles. The minimum absolute atomic E-state index is 0.0317. The maximum Gasteiger partial charge on any atom is 0.0467 e. The second kappa shape index (κ2) is 18.4. The summed E-state index contributed by atoms with van der Waals surface area (Å²) in [5.74, 6) is 0. The first-order chi connectivity index (χ1) is 34.1. The molecule has 1 unspecified atom stereocenters. The molecule has 0 heterocycles. The average Bonchev–Trinajstić information content (AvgIpc) is 3.62. The third-order valence-electron chi connectivity index (χ3n) is 14.7. The minimum atomic E-state index is -0.245. The lowest BCUT2D eigenvalue weighted by Crippen LogP contribution is -2.23. The molecular weight excluding hydrogens is 845 g/mol. The summed E-state index contributed by atoms with van der Waals surface area (Å²) in [6.07, 6.45) is 0.996. The van der Waals surface area contributed by atoms with Crippen LogP contribution in [0.1, 0.15) is 55.0 Å². The molecule has 10 aromatic carbocycles. The Morgan fingerprint density at radius 1 is 0.300 bits per heavy atom. The Balaban J connectivity index is 1.00.